The zero-order valence-corrected chi connectivity index (χ0v) is 26.1. The highest BCUT2D eigenvalue weighted by molar-refractivity contribution is 7.92. The van der Waals surface area contributed by atoms with E-state index in [1.807, 2.05) is 13.8 Å². The molecule has 4 heterocycles. The van der Waals surface area contributed by atoms with Gasteiger partial charge in [0.15, 0.2) is 34.4 Å². The average molecular weight is 664 g/mol. The number of aliphatic hydroxyl groups excluding tert-OH is 5. The maximum atomic E-state index is 13.7. The molecular formula is C29H37N5O11S. The van der Waals surface area contributed by atoms with Crippen LogP contribution in [0.25, 0.3) is 0 Å². The maximum Gasteiger partial charge on any atom is 0.280 e. The van der Waals surface area contributed by atoms with Crippen molar-refractivity contribution in [3.63, 3.8) is 0 Å². The molecule has 0 amide bonds. The molecular weight excluding hydrogens is 626 g/mol. The lowest BCUT2D eigenvalue weighted by atomic mass is 9.93. The van der Waals surface area contributed by atoms with Crippen molar-refractivity contribution in [1.29, 1.82) is 0 Å². The highest BCUT2D eigenvalue weighted by Gasteiger charge is 2.47. The van der Waals surface area contributed by atoms with Crippen molar-refractivity contribution in [2.75, 3.05) is 43.0 Å². The summed E-state index contributed by atoms with van der Waals surface area (Å²) in [5.74, 6) is -0.406. The van der Waals surface area contributed by atoms with Crippen LogP contribution in [-0.4, -0.2) is 113 Å². The number of morpholine rings is 1. The van der Waals surface area contributed by atoms with Crippen molar-refractivity contribution < 1.29 is 52.9 Å². The van der Waals surface area contributed by atoms with E-state index in [4.69, 9.17) is 18.9 Å². The summed E-state index contributed by atoms with van der Waals surface area (Å²) in [6.45, 7) is 5.15. The summed E-state index contributed by atoms with van der Waals surface area (Å²) >= 11 is 0. The third-order valence-corrected chi connectivity index (χ3v) is 8.86. The van der Waals surface area contributed by atoms with Gasteiger partial charge in [0.2, 0.25) is 5.95 Å². The number of rotatable bonds is 10. The number of hydrogen-bond donors (Lipinski definition) is 6. The quantitative estimate of drug-likeness (QED) is 0.171. The van der Waals surface area contributed by atoms with Crippen LogP contribution < -0.4 is 19.1 Å². The molecule has 2 aliphatic heterocycles. The number of ether oxygens (including phenoxy) is 4. The summed E-state index contributed by atoms with van der Waals surface area (Å²) in [5.41, 5.74) is 0.449. The highest BCUT2D eigenvalue weighted by atomic mass is 32.2. The first-order valence-electron chi connectivity index (χ1n) is 14.5. The first kappa shape index (κ1) is 33.7. The van der Waals surface area contributed by atoms with Gasteiger partial charge in [0.1, 0.15) is 36.2 Å². The Bertz CT molecular complexity index is 1610. The van der Waals surface area contributed by atoms with Crippen LogP contribution in [-0.2, 0) is 19.5 Å². The third-order valence-electron chi connectivity index (χ3n) is 7.60. The van der Waals surface area contributed by atoms with Crippen molar-refractivity contribution in [1.82, 2.24) is 15.0 Å². The Morgan fingerprint density at radius 1 is 0.978 bits per heavy atom. The van der Waals surface area contributed by atoms with Gasteiger partial charge in [-0.1, -0.05) is 32.0 Å². The van der Waals surface area contributed by atoms with Crippen LogP contribution in [0.4, 0.5) is 11.8 Å². The van der Waals surface area contributed by atoms with E-state index >= 15 is 0 Å². The Morgan fingerprint density at radius 2 is 1.67 bits per heavy atom. The standard InChI is InChI=1S/C29H37N5O11S/c1-15(2)16-8-9-19(30-14-16)46(40,41)33-27-25(44-18-7-5-4-6-17(18)42-3)20(31-29(32-27)34-10-12-43-13-11-34)21(35)26-23(37)22(36)24(38)28(39)45-26/h4-9,14-15,21-24,26,28,35-39H,10-13H2,1-3H3,(H,31,32,33)/t21?,22-,23+,24+,26+,28?/m0/s1. The number of anilines is 2. The minimum Gasteiger partial charge on any atom is -0.493 e. The molecule has 17 heteroatoms. The van der Waals surface area contributed by atoms with Crippen LogP contribution in [0.1, 0.15) is 37.1 Å². The molecule has 250 valence electrons. The molecule has 3 aromatic rings. The number of aromatic nitrogens is 3. The summed E-state index contributed by atoms with van der Waals surface area (Å²) in [4.78, 5) is 14.8. The molecule has 2 saturated heterocycles. The Labute approximate surface area is 265 Å². The fraction of sp³-hybridized carbons (Fsp3) is 0.483. The first-order valence-corrected chi connectivity index (χ1v) is 16.0. The number of methoxy groups -OCH3 is 1. The SMILES string of the molecule is COc1ccccc1Oc1c(NS(=O)(=O)c2ccc(C(C)C)cn2)nc(N2CCOCC2)nc1C(O)[C@H]1OC(O)[C@H](O)[C@@H](O)[C@H]1O. The van der Waals surface area contributed by atoms with Crippen LogP contribution >= 0.6 is 0 Å². The number of para-hydroxylation sites is 2. The molecule has 2 aromatic heterocycles. The second-order valence-corrected chi connectivity index (χ2v) is 12.7. The Balaban J connectivity index is 1.67. The number of pyridine rings is 1. The molecule has 1 aromatic carbocycles. The van der Waals surface area contributed by atoms with Gasteiger partial charge < -0.3 is 49.4 Å². The van der Waals surface area contributed by atoms with Gasteiger partial charge in [0.25, 0.3) is 10.0 Å². The van der Waals surface area contributed by atoms with Crippen LogP contribution in [0.5, 0.6) is 17.2 Å². The van der Waals surface area contributed by atoms with Gasteiger partial charge in [-0.2, -0.15) is 13.4 Å². The number of sulfonamides is 1. The van der Waals surface area contributed by atoms with Gasteiger partial charge in [-0.25, -0.2) is 9.97 Å². The lowest BCUT2D eigenvalue weighted by Crippen LogP contribution is -2.59. The number of aliphatic hydroxyl groups is 5. The summed E-state index contributed by atoms with van der Waals surface area (Å²) in [5, 5.41) is 52.6. The van der Waals surface area contributed by atoms with Crippen LogP contribution in [0.15, 0.2) is 47.6 Å². The summed E-state index contributed by atoms with van der Waals surface area (Å²) in [6, 6.07) is 9.39. The minimum atomic E-state index is -4.42. The molecule has 16 nitrogen and oxygen atoms in total. The fourth-order valence-corrected chi connectivity index (χ4v) is 5.86. The van der Waals surface area contributed by atoms with E-state index in [2.05, 4.69) is 19.7 Å². The zero-order valence-electron chi connectivity index (χ0n) is 25.3. The minimum absolute atomic E-state index is 0.0306. The van der Waals surface area contributed by atoms with Gasteiger partial charge in [-0.05, 0) is 29.7 Å². The van der Waals surface area contributed by atoms with Crippen molar-refractivity contribution >= 4 is 21.8 Å². The van der Waals surface area contributed by atoms with E-state index in [0.29, 0.717) is 26.3 Å². The first-order chi connectivity index (χ1) is 21.9. The molecule has 0 aliphatic carbocycles. The van der Waals surface area contributed by atoms with Gasteiger partial charge in [0.05, 0.1) is 20.3 Å². The Kier molecular flexibility index (Phi) is 10.2. The van der Waals surface area contributed by atoms with Crippen molar-refractivity contribution in [3.05, 3.63) is 53.9 Å². The molecule has 2 unspecified atom stereocenters. The van der Waals surface area contributed by atoms with Crippen LogP contribution in [0, 0.1) is 0 Å². The molecule has 5 rings (SSSR count). The number of hydrogen-bond acceptors (Lipinski definition) is 15. The van der Waals surface area contributed by atoms with Crippen LogP contribution in [0.3, 0.4) is 0 Å². The maximum absolute atomic E-state index is 13.7. The lowest BCUT2D eigenvalue weighted by molar-refractivity contribution is -0.298. The second kappa shape index (κ2) is 14.0. The monoisotopic (exact) mass is 663 g/mol. The summed E-state index contributed by atoms with van der Waals surface area (Å²) in [7, 11) is -3.02. The highest BCUT2D eigenvalue weighted by Crippen LogP contribution is 2.42. The van der Waals surface area contributed by atoms with Gasteiger partial charge in [-0.15, -0.1) is 0 Å². The second-order valence-electron chi connectivity index (χ2n) is 11.0. The van der Waals surface area contributed by atoms with E-state index in [1.165, 1.54) is 25.4 Å². The van der Waals surface area contributed by atoms with Crippen molar-refractivity contribution in [2.45, 2.75) is 61.6 Å². The van der Waals surface area contributed by atoms with E-state index in [1.54, 1.807) is 29.2 Å². The number of nitrogens with one attached hydrogen (secondary N) is 1. The van der Waals surface area contributed by atoms with Gasteiger partial charge in [0, 0.05) is 19.3 Å². The molecule has 2 fully saturated rings. The van der Waals surface area contributed by atoms with E-state index in [-0.39, 0.29) is 34.1 Å². The normalized spacial score (nSPS) is 24.5. The van der Waals surface area contributed by atoms with E-state index < -0.39 is 58.4 Å². The largest absolute Gasteiger partial charge is 0.493 e. The average Bonchev–Trinajstić information content (AvgIpc) is 3.06. The zero-order chi connectivity index (χ0) is 33.2. The Hall–Kier alpha value is -3.68. The van der Waals surface area contributed by atoms with Crippen molar-refractivity contribution in [3.8, 4) is 17.2 Å². The third kappa shape index (κ3) is 7.01. The molecule has 6 atom stereocenters. The van der Waals surface area contributed by atoms with Gasteiger partial charge >= 0.3 is 0 Å². The Morgan fingerprint density at radius 3 is 2.30 bits per heavy atom. The van der Waals surface area contributed by atoms with Crippen LogP contribution in [0.2, 0.25) is 0 Å². The predicted octanol–water partition coefficient (Wildman–Crippen LogP) is 0.267. The summed E-state index contributed by atoms with van der Waals surface area (Å²) < 4.78 is 52.0. The predicted molar refractivity (Wildman–Crippen MR) is 161 cm³/mol. The molecule has 2 aliphatic rings. The molecule has 46 heavy (non-hydrogen) atoms. The fourth-order valence-electron chi connectivity index (χ4n) is 4.92. The van der Waals surface area contributed by atoms with E-state index in [0.717, 1.165) is 5.56 Å². The van der Waals surface area contributed by atoms with Crippen molar-refractivity contribution in [2.24, 2.45) is 0 Å². The smallest absolute Gasteiger partial charge is 0.280 e. The molecule has 6 N–H and O–H groups in total. The number of benzene rings is 1. The molecule has 0 radical (unpaired) electrons. The number of nitrogens with zero attached hydrogens (tertiary/aromatic N) is 4. The molecule has 0 spiro atoms. The lowest BCUT2D eigenvalue weighted by Gasteiger charge is -2.40. The topological polar surface area (TPSA) is 226 Å². The molecule has 0 bridgehead atoms. The molecule has 0 saturated carbocycles. The van der Waals surface area contributed by atoms with E-state index in [9.17, 15) is 34.0 Å². The van der Waals surface area contributed by atoms with Gasteiger partial charge in [-0.3, -0.25) is 4.72 Å². The summed E-state index contributed by atoms with van der Waals surface area (Å²) in [6.07, 6.45) is -9.92.